The van der Waals surface area contributed by atoms with Gasteiger partial charge >= 0.3 is 0 Å². The lowest BCUT2D eigenvalue weighted by molar-refractivity contribution is 0.609. The molecule has 2 nitrogen and oxygen atoms in total. The highest BCUT2D eigenvalue weighted by atomic mass is 79.9. The first-order valence-electron chi connectivity index (χ1n) is 7.31. The van der Waals surface area contributed by atoms with E-state index >= 15 is 0 Å². The third-order valence-electron chi connectivity index (χ3n) is 1.09. The van der Waals surface area contributed by atoms with Crippen LogP contribution in [0, 0.1) is 0 Å². The molecule has 1 aromatic rings. The molecule has 0 amide bonds. The van der Waals surface area contributed by atoms with Crippen molar-refractivity contribution < 1.29 is 12.3 Å². The van der Waals surface area contributed by atoms with Crippen LogP contribution in [0.4, 0.5) is 5.82 Å². The molecule has 2 heterocycles. The standard InChI is InChI=1S/C8H9BrN2/c9-7-2-3-8(10-6-7)11-4-1-5-11/h2-3,6H,1,4-5H2/i1D2,2D,3D,4D2,5D2,6D. The van der Waals surface area contributed by atoms with E-state index in [-0.39, 0.29) is 4.47 Å². The first kappa shape index (κ1) is 2.22. The lowest BCUT2D eigenvalue weighted by Crippen LogP contribution is -2.37. The minimum absolute atomic E-state index is 0.0593. The zero-order chi connectivity index (χ0) is 15.7. The van der Waals surface area contributed by atoms with Crippen LogP contribution in [0.2, 0.25) is 0 Å². The molecule has 0 aliphatic carbocycles. The third kappa shape index (κ3) is 1.38. The average Bonchev–Trinajstić information content (AvgIpc) is 2.32. The van der Waals surface area contributed by atoms with E-state index in [1.54, 1.807) is 0 Å². The molecule has 2 rings (SSSR count). The monoisotopic (exact) mass is 221 g/mol. The summed E-state index contributed by atoms with van der Waals surface area (Å²) in [4.78, 5) is 3.97. The Labute approximate surface area is 87.0 Å². The highest BCUT2D eigenvalue weighted by Crippen LogP contribution is 2.19. The normalized spacial score (nSPS) is 41.9. The Morgan fingerprint density at radius 2 is 2.45 bits per heavy atom. The fraction of sp³-hybridized carbons (Fsp3) is 0.375. The van der Waals surface area contributed by atoms with Gasteiger partial charge in [0.15, 0.2) is 0 Å². The van der Waals surface area contributed by atoms with Crippen LogP contribution in [0.25, 0.3) is 0 Å². The molecule has 0 N–H and O–H groups in total. The maximum Gasteiger partial charge on any atom is 0.128 e. The van der Waals surface area contributed by atoms with Crippen LogP contribution >= 0.6 is 15.9 Å². The Balaban J connectivity index is 2.65. The number of anilines is 1. The summed E-state index contributed by atoms with van der Waals surface area (Å²) < 4.78 is 68.2. The second-order valence-electron chi connectivity index (χ2n) is 1.80. The number of nitrogens with zero attached hydrogens (tertiary/aromatic N) is 2. The van der Waals surface area contributed by atoms with Crippen molar-refractivity contribution in [2.24, 2.45) is 0 Å². The van der Waals surface area contributed by atoms with Gasteiger partial charge in [0, 0.05) is 31.9 Å². The summed E-state index contributed by atoms with van der Waals surface area (Å²) in [5.74, 6) is -0.562. The fourth-order valence-electron chi connectivity index (χ4n) is 0.592. The van der Waals surface area contributed by atoms with E-state index in [1.807, 2.05) is 0 Å². The second kappa shape index (κ2) is 2.81. The van der Waals surface area contributed by atoms with Gasteiger partial charge in [-0.25, -0.2) is 4.98 Å². The maximum absolute atomic E-state index is 7.72. The van der Waals surface area contributed by atoms with Gasteiger partial charge in [0.25, 0.3) is 0 Å². The predicted molar refractivity (Wildman–Crippen MR) is 48.8 cm³/mol. The molecule has 11 heavy (non-hydrogen) atoms. The summed E-state index contributed by atoms with van der Waals surface area (Å²) in [5, 5.41) is 0. The molecular weight excluding hydrogens is 204 g/mol. The van der Waals surface area contributed by atoms with E-state index < -0.39 is 43.4 Å². The minimum atomic E-state index is -2.80. The lowest BCUT2D eigenvalue weighted by atomic mass is 10.2. The van der Waals surface area contributed by atoms with Crippen LogP contribution in [0.3, 0.4) is 0 Å². The molecule has 1 fully saturated rings. The van der Waals surface area contributed by atoms with Gasteiger partial charge < -0.3 is 4.90 Å². The summed E-state index contributed by atoms with van der Waals surface area (Å²) in [6.45, 7) is -5.46. The quantitative estimate of drug-likeness (QED) is 0.722. The zero-order valence-corrected chi connectivity index (χ0v) is 6.86. The summed E-state index contributed by atoms with van der Waals surface area (Å²) >= 11 is 2.90. The van der Waals surface area contributed by atoms with Crippen molar-refractivity contribution in [3.8, 4) is 0 Å². The van der Waals surface area contributed by atoms with Crippen LogP contribution in [0.5, 0.6) is 0 Å². The van der Waals surface area contributed by atoms with Crippen LogP contribution in [-0.2, 0) is 0 Å². The van der Waals surface area contributed by atoms with Gasteiger partial charge in [-0.2, -0.15) is 0 Å². The third-order valence-corrected chi connectivity index (χ3v) is 1.47. The number of hydrogen-bond donors (Lipinski definition) is 0. The highest BCUT2D eigenvalue weighted by molar-refractivity contribution is 9.10. The molecular formula is C8H9BrN2. The van der Waals surface area contributed by atoms with E-state index in [9.17, 15) is 0 Å². The molecule has 1 aliphatic heterocycles. The Kier molecular flexibility index (Phi) is 0.569. The summed E-state index contributed by atoms with van der Waals surface area (Å²) in [6.07, 6.45) is -3.24. The van der Waals surface area contributed by atoms with Crippen molar-refractivity contribution in [2.75, 3.05) is 17.9 Å². The number of aromatic nitrogens is 1. The van der Waals surface area contributed by atoms with Crippen LogP contribution in [-0.4, -0.2) is 18.0 Å². The number of hydrogen-bond acceptors (Lipinski definition) is 2. The SMILES string of the molecule is [2H]c1nc(N2C([2H])([2H])C([2H])([2H])C2([2H])[2H])c([2H])c([2H])c1Br. The van der Waals surface area contributed by atoms with Crippen molar-refractivity contribution in [1.82, 2.24) is 4.98 Å². The molecule has 3 heteroatoms. The number of halogens is 1. The van der Waals surface area contributed by atoms with Crippen molar-refractivity contribution in [2.45, 2.75) is 6.37 Å². The van der Waals surface area contributed by atoms with E-state index in [0.717, 1.165) is 0 Å². The summed E-state index contributed by atoms with van der Waals surface area (Å²) in [7, 11) is 0. The molecule has 0 bridgehead atoms. The second-order valence-corrected chi connectivity index (χ2v) is 2.59. The molecule has 0 aromatic carbocycles. The van der Waals surface area contributed by atoms with E-state index in [0.29, 0.717) is 4.90 Å². The van der Waals surface area contributed by atoms with Gasteiger partial charge in [-0.05, 0) is 34.4 Å². The average molecular weight is 222 g/mol. The smallest absolute Gasteiger partial charge is 0.128 e. The Hall–Kier alpha value is -0.570. The van der Waals surface area contributed by atoms with E-state index in [2.05, 4.69) is 20.9 Å². The van der Waals surface area contributed by atoms with Crippen molar-refractivity contribution in [3.05, 3.63) is 22.7 Å². The van der Waals surface area contributed by atoms with Gasteiger partial charge in [-0.1, -0.05) is 0 Å². The molecule has 1 aromatic heterocycles. The molecule has 1 aliphatic rings. The molecule has 1 saturated heterocycles. The summed E-state index contributed by atoms with van der Waals surface area (Å²) in [5.41, 5.74) is 0. The maximum atomic E-state index is 7.72. The van der Waals surface area contributed by atoms with Gasteiger partial charge in [0.2, 0.25) is 0 Å². The summed E-state index contributed by atoms with van der Waals surface area (Å²) in [6, 6.07) is -1.00. The molecule has 0 saturated carbocycles. The largest absolute Gasteiger partial charge is 0.356 e. The van der Waals surface area contributed by atoms with Gasteiger partial charge in [0.1, 0.15) is 5.82 Å². The molecule has 0 spiro atoms. The van der Waals surface area contributed by atoms with Gasteiger partial charge in [-0.15, -0.1) is 0 Å². The fourth-order valence-corrected chi connectivity index (χ4v) is 0.780. The first-order valence-corrected chi connectivity index (χ1v) is 3.60. The van der Waals surface area contributed by atoms with Crippen LogP contribution in [0.1, 0.15) is 18.7 Å². The van der Waals surface area contributed by atoms with Gasteiger partial charge in [-0.3, -0.25) is 0 Å². The van der Waals surface area contributed by atoms with Gasteiger partial charge in [0.05, 0.1) is 4.11 Å². The molecule has 0 unspecified atom stereocenters. The topological polar surface area (TPSA) is 16.1 Å². The zero-order valence-electron chi connectivity index (χ0n) is 14.3. The van der Waals surface area contributed by atoms with Crippen LogP contribution < -0.4 is 4.90 Å². The van der Waals surface area contributed by atoms with E-state index in [4.69, 9.17) is 12.3 Å². The van der Waals surface area contributed by atoms with E-state index in [1.165, 1.54) is 0 Å². The Morgan fingerprint density at radius 3 is 3.27 bits per heavy atom. The predicted octanol–water partition coefficient (Wildman–Crippen LogP) is 2.05. The number of rotatable bonds is 1. The minimum Gasteiger partial charge on any atom is -0.356 e. The highest BCUT2D eigenvalue weighted by Gasteiger charge is 2.14. The van der Waals surface area contributed by atoms with Crippen LogP contribution in [0.15, 0.2) is 22.7 Å². The van der Waals surface area contributed by atoms with Crippen molar-refractivity contribution in [3.63, 3.8) is 0 Å². The lowest BCUT2D eigenvalue weighted by Gasteiger charge is -2.31. The Bertz CT molecular complexity index is 570. The first-order chi connectivity index (χ1) is 8.87. The molecule has 0 radical (unpaired) electrons. The molecule has 58 valence electrons. The Morgan fingerprint density at radius 1 is 1.64 bits per heavy atom. The number of pyridine rings is 1. The molecule has 0 atom stereocenters. The van der Waals surface area contributed by atoms with Crippen molar-refractivity contribution >= 4 is 21.7 Å². The van der Waals surface area contributed by atoms with Crippen molar-refractivity contribution in [1.29, 1.82) is 0 Å².